The number of para-hydroxylation sites is 1. The second kappa shape index (κ2) is 10.7. The Morgan fingerprint density at radius 1 is 1.14 bits per heavy atom. The Hall–Kier alpha value is -4.09. The minimum Gasteiger partial charge on any atom is -0.486 e. The van der Waals surface area contributed by atoms with Crippen LogP contribution in [-0.4, -0.2) is 40.3 Å². The molecule has 36 heavy (non-hydrogen) atoms. The van der Waals surface area contributed by atoms with E-state index < -0.39 is 6.36 Å². The van der Waals surface area contributed by atoms with Gasteiger partial charge in [0, 0.05) is 31.3 Å². The highest BCUT2D eigenvalue weighted by Gasteiger charge is 2.31. The number of nitrogen functional groups attached to an aromatic ring is 1. The van der Waals surface area contributed by atoms with E-state index >= 15 is 0 Å². The van der Waals surface area contributed by atoms with Crippen LogP contribution in [-0.2, 0) is 17.8 Å². The van der Waals surface area contributed by atoms with Crippen LogP contribution < -0.4 is 25.4 Å². The lowest BCUT2D eigenvalue weighted by atomic mass is 10.1. The third-order valence-electron chi connectivity index (χ3n) is 5.36. The summed E-state index contributed by atoms with van der Waals surface area (Å²) in [4.78, 5) is 26.2. The molecular weight excluding hydrogens is 477 g/mol. The van der Waals surface area contributed by atoms with Crippen LogP contribution in [0.3, 0.4) is 0 Å². The zero-order chi connectivity index (χ0) is 25.7. The summed E-state index contributed by atoms with van der Waals surface area (Å²) in [7, 11) is 0. The second-order valence-corrected chi connectivity index (χ2v) is 8.21. The smallest absolute Gasteiger partial charge is 0.486 e. The summed E-state index contributed by atoms with van der Waals surface area (Å²) in [6.45, 7) is 2.82. The molecule has 1 amide bonds. The number of carbonyl (C=O) groups is 1. The molecule has 2 heterocycles. The Labute approximate surface area is 205 Å². The number of nitrogens with zero attached hydrogens (tertiary/aromatic N) is 4. The van der Waals surface area contributed by atoms with Crippen molar-refractivity contribution in [3.05, 3.63) is 59.4 Å². The maximum Gasteiger partial charge on any atom is 0.573 e. The van der Waals surface area contributed by atoms with Crippen molar-refractivity contribution in [3.8, 4) is 11.5 Å². The SMILES string of the molecule is Cc1cc(OCc2nc(N)nc(NCCc3ccccc3OC(F)(F)F)n2)cc(N2CCCC2=O)c1. The zero-order valence-corrected chi connectivity index (χ0v) is 19.5. The van der Waals surface area contributed by atoms with Crippen LogP contribution >= 0.6 is 0 Å². The fourth-order valence-corrected chi connectivity index (χ4v) is 3.86. The van der Waals surface area contributed by atoms with E-state index in [1.165, 1.54) is 12.1 Å². The maximum atomic E-state index is 12.6. The van der Waals surface area contributed by atoms with Gasteiger partial charge >= 0.3 is 6.36 Å². The predicted molar refractivity (Wildman–Crippen MR) is 127 cm³/mol. The van der Waals surface area contributed by atoms with Crippen molar-refractivity contribution in [1.82, 2.24) is 15.0 Å². The van der Waals surface area contributed by atoms with Crippen LogP contribution in [0.1, 0.15) is 29.8 Å². The first-order chi connectivity index (χ1) is 17.2. The molecule has 1 aliphatic heterocycles. The lowest BCUT2D eigenvalue weighted by Crippen LogP contribution is -2.23. The number of hydrogen-bond acceptors (Lipinski definition) is 8. The third-order valence-corrected chi connectivity index (χ3v) is 5.36. The summed E-state index contributed by atoms with van der Waals surface area (Å²) in [6.07, 6.45) is -3.19. The number of carbonyl (C=O) groups excluding carboxylic acids is 1. The molecule has 3 N–H and O–H groups in total. The molecule has 0 bridgehead atoms. The van der Waals surface area contributed by atoms with E-state index in [9.17, 15) is 18.0 Å². The van der Waals surface area contributed by atoms with E-state index in [0.29, 0.717) is 24.3 Å². The van der Waals surface area contributed by atoms with Crippen molar-refractivity contribution in [2.24, 2.45) is 0 Å². The Morgan fingerprint density at radius 2 is 1.94 bits per heavy atom. The number of ether oxygens (including phenoxy) is 2. The normalized spacial score (nSPS) is 13.7. The van der Waals surface area contributed by atoms with Crippen molar-refractivity contribution >= 4 is 23.5 Å². The van der Waals surface area contributed by atoms with E-state index in [-0.39, 0.29) is 49.0 Å². The summed E-state index contributed by atoms with van der Waals surface area (Å²) in [5.74, 6) is 0.789. The van der Waals surface area contributed by atoms with Crippen LogP contribution in [0.2, 0.25) is 0 Å². The quantitative estimate of drug-likeness (QED) is 0.451. The Kier molecular flexibility index (Phi) is 7.41. The third kappa shape index (κ3) is 6.74. The number of nitrogens with one attached hydrogen (secondary N) is 1. The van der Waals surface area contributed by atoms with Gasteiger partial charge in [0.2, 0.25) is 17.8 Å². The van der Waals surface area contributed by atoms with Gasteiger partial charge in [0.25, 0.3) is 0 Å². The minimum atomic E-state index is -4.77. The number of hydrogen-bond donors (Lipinski definition) is 2. The number of aryl methyl sites for hydroxylation is 1. The van der Waals surface area contributed by atoms with Gasteiger partial charge in [0.15, 0.2) is 5.82 Å². The van der Waals surface area contributed by atoms with Crippen molar-refractivity contribution in [3.63, 3.8) is 0 Å². The largest absolute Gasteiger partial charge is 0.573 e. The van der Waals surface area contributed by atoms with Crippen LogP contribution in [0.4, 0.5) is 30.8 Å². The summed E-state index contributed by atoms with van der Waals surface area (Å²) >= 11 is 0. The summed E-state index contributed by atoms with van der Waals surface area (Å²) in [5.41, 5.74) is 7.90. The van der Waals surface area contributed by atoms with Gasteiger partial charge in [-0.1, -0.05) is 18.2 Å². The number of aromatic nitrogens is 3. The summed E-state index contributed by atoms with van der Waals surface area (Å²) in [6, 6.07) is 11.5. The first-order valence-electron chi connectivity index (χ1n) is 11.3. The molecular formula is C24H25F3N6O3. The molecule has 0 aliphatic carbocycles. The molecule has 1 saturated heterocycles. The van der Waals surface area contributed by atoms with Gasteiger partial charge in [-0.25, -0.2) is 0 Å². The van der Waals surface area contributed by atoms with E-state index in [2.05, 4.69) is 25.0 Å². The Balaban J connectivity index is 1.38. The molecule has 1 aromatic heterocycles. The molecule has 4 rings (SSSR count). The molecule has 1 fully saturated rings. The minimum absolute atomic E-state index is 0.000492. The predicted octanol–water partition coefficient (Wildman–Crippen LogP) is 4.02. The molecule has 2 aromatic carbocycles. The number of benzene rings is 2. The summed E-state index contributed by atoms with van der Waals surface area (Å²) in [5, 5.41) is 2.94. The molecule has 0 atom stereocenters. The average molecular weight is 502 g/mol. The first kappa shape index (κ1) is 25.0. The highest BCUT2D eigenvalue weighted by Crippen LogP contribution is 2.28. The lowest BCUT2D eigenvalue weighted by molar-refractivity contribution is -0.274. The molecule has 3 aromatic rings. The van der Waals surface area contributed by atoms with E-state index in [0.717, 1.165) is 17.7 Å². The van der Waals surface area contributed by atoms with Gasteiger partial charge in [-0.2, -0.15) is 15.0 Å². The van der Waals surface area contributed by atoms with Crippen molar-refractivity contribution in [2.45, 2.75) is 39.2 Å². The Morgan fingerprint density at radius 3 is 2.69 bits per heavy atom. The highest BCUT2D eigenvalue weighted by molar-refractivity contribution is 5.95. The first-order valence-corrected chi connectivity index (χ1v) is 11.3. The van der Waals surface area contributed by atoms with Crippen molar-refractivity contribution in [2.75, 3.05) is 29.0 Å². The molecule has 1 aliphatic rings. The lowest BCUT2D eigenvalue weighted by Gasteiger charge is -2.18. The zero-order valence-electron chi connectivity index (χ0n) is 19.5. The van der Waals surface area contributed by atoms with Gasteiger partial charge in [-0.3, -0.25) is 4.79 Å². The molecule has 0 radical (unpaired) electrons. The van der Waals surface area contributed by atoms with Crippen LogP contribution in [0, 0.1) is 6.92 Å². The summed E-state index contributed by atoms with van der Waals surface area (Å²) < 4.78 is 47.8. The number of anilines is 3. The van der Waals surface area contributed by atoms with Gasteiger partial charge in [0.1, 0.15) is 18.1 Å². The molecule has 12 heteroatoms. The van der Waals surface area contributed by atoms with Crippen LogP contribution in [0.5, 0.6) is 11.5 Å². The fraction of sp³-hybridized carbons (Fsp3) is 0.333. The standard InChI is InChI=1S/C24H25F3N6O3/c1-15-11-17(33-10-4-7-21(33)34)13-18(12-15)35-14-20-30-22(28)32-23(31-20)29-9-8-16-5-2-3-6-19(16)36-24(25,26)27/h2-3,5-6,11-13H,4,7-10,14H2,1H3,(H3,28,29,30,31,32). The molecule has 0 unspecified atom stereocenters. The van der Waals surface area contributed by atoms with Gasteiger partial charge in [0.05, 0.1) is 0 Å². The Bertz CT molecular complexity index is 1240. The van der Waals surface area contributed by atoms with Crippen molar-refractivity contribution < 1.29 is 27.4 Å². The number of amides is 1. The molecule has 9 nitrogen and oxygen atoms in total. The number of alkyl halides is 3. The van der Waals surface area contributed by atoms with E-state index in [1.807, 2.05) is 19.1 Å². The van der Waals surface area contributed by atoms with Gasteiger partial charge < -0.3 is 25.4 Å². The van der Waals surface area contributed by atoms with Crippen molar-refractivity contribution in [1.29, 1.82) is 0 Å². The van der Waals surface area contributed by atoms with Gasteiger partial charge in [-0.05, 0) is 49.1 Å². The number of nitrogens with two attached hydrogens (primary N) is 1. The maximum absolute atomic E-state index is 12.6. The number of rotatable bonds is 9. The van der Waals surface area contributed by atoms with E-state index in [4.69, 9.17) is 10.5 Å². The van der Waals surface area contributed by atoms with Crippen LogP contribution in [0.15, 0.2) is 42.5 Å². The highest BCUT2D eigenvalue weighted by atomic mass is 19.4. The fourth-order valence-electron chi connectivity index (χ4n) is 3.86. The van der Waals surface area contributed by atoms with E-state index in [1.54, 1.807) is 23.1 Å². The molecule has 0 spiro atoms. The topological polar surface area (TPSA) is 115 Å². The molecule has 0 saturated carbocycles. The van der Waals surface area contributed by atoms with Crippen LogP contribution in [0.25, 0.3) is 0 Å². The second-order valence-electron chi connectivity index (χ2n) is 8.21. The average Bonchev–Trinajstić information content (AvgIpc) is 3.23. The van der Waals surface area contributed by atoms with Gasteiger partial charge in [-0.15, -0.1) is 13.2 Å². The monoisotopic (exact) mass is 502 g/mol. The molecule has 190 valence electrons. The number of halogens is 3.